The van der Waals surface area contributed by atoms with Crippen LogP contribution >= 0.6 is 0 Å². The molecule has 0 radical (unpaired) electrons. The fourth-order valence-corrected chi connectivity index (χ4v) is 2.80. The maximum absolute atomic E-state index is 12.2. The summed E-state index contributed by atoms with van der Waals surface area (Å²) in [5.41, 5.74) is -0.138. The smallest absolute Gasteiger partial charge is 0.338 e. The van der Waals surface area contributed by atoms with E-state index in [-0.39, 0.29) is 25.3 Å². The van der Waals surface area contributed by atoms with Crippen molar-refractivity contribution in [3.63, 3.8) is 0 Å². The lowest BCUT2D eigenvalue weighted by molar-refractivity contribution is -0.136. The minimum Gasteiger partial charge on any atom is -0.338 e. The first-order valence-electron chi connectivity index (χ1n) is 8.58. The number of hydrogen-bond donors (Lipinski definition) is 1. The van der Waals surface area contributed by atoms with Crippen molar-refractivity contribution in [2.24, 2.45) is 0 Å². The van der Waals surface area contributed by atoms with Crippen molar-refractivity contribution < 1.29 is 18.0 Å². The second-order valence-corrected chi connectivity index (χ2v) is 6.06. The molecule has 0 unspecified atom stereocenters. The lowest BCUT2D eigenvalue weighted by Gasteiger charge is -2.22. The Labute approximate surface area is 143 Å². The van der Waals surface area contributed by atoms with Crippen LogP contribution in [-0.4, -0.2) is 51.1 Å². The third-order valence-electron chi connectivity index (χ3n) is 4.19. The number of aryl methyl sites for hydroxylation is 2. The lowest BCUT2D eigenvalue weighted by Crippen LogP contribution is -2.42. The molecule has 7 nitrogen and oxygen atoms in total. The van der Waals surface area contributed by atoms with E-state index in [1.54, 1.807) is 11.5 Å². The van der Waals surface area contributed by atoms with Crippen molar-refractivity contribution in [1.29, 1.82) is 0 Å². The van der Waals surface area contributed by atoms with Crippen LogP contribution in [-0.2, 0) is 19.5 Å². The highest BCUT2D eigenvalue weighted by atomic mass is 19.4. The van der Waals surface area contributed by atoms with Crippen molar-refractivity contribution in [2.75, 3.05) is 19.6 Å². The highest BCUT2D eigenvalue weighted by Crippen LogP contribution is 2.19. The summed E-state index contributed by atoms with van der Waals surface area (Å²) < 4.78 is 39.8. The van der Waals surface area contributed by atoms with Crippen LogP contribution in [0, 0.1) is 0 Å². The van der Waals surface area contributed by atoms with E-state index in [9.17, 15) is 22.8 Å². The number of halogens is 3. The lowest BCUT2D eigenvalue weighted by atomic mass is 10.2. The van der Waals surface area contributed by atoms with Gasteiger partial charge in [-0.25, -0.2) is 14.3 Å². The number of fused-ring (bicyclic) bond motifs is 1. The molecule has 2 heterocycles. The quantitative estimate of drug-likeness (QED) is 0.751. The number of rotatable bonds is 7. The Balaban J connectivity index is 1.76. The maximum Gasteiger partial charge on any atom is 0.390 e. The van der Waals surface area contributed by atoms with Crippen LogP contribution in [0.5, 0.6) is 0 Å². The fourth-order valence-electron chi connectivity index (χ4n) is 2.80. The molecule has 0 saturated carbocycles. The van der Waals surface area contributed by atoms with E-state index in [0.717, 1.165) is 30.0 Å². The van der Waals surface area contributed by atoms with Gasteiger partial charge in [0.1, 0.15) is 5.82 Å². The highest BCUT2D eigenvalue weighted by molar-refractivity contribution is 5.74. The van der Waals surface area contributed by atoms with Crippen molar-refractivity contribution in [2.45, 2.75) is 58.3 Å². The fraction of sp³-hybridized carbons (Fsp3) is 0.800. The molecule has 2 rings (SSSR count). The van der Waals surface area contributed by atoms with Gasteiger partial charge in [-0.05, 0) is 26.2 Å². The van der Waals surface area contributed by atoms with Gasteiger partial charge in [-0.15, -0.1) is 0 Å². The van der Waals surface area contributed by atoms with Crippen LogP contribution in [0.15, 0.2) is 4.79 Å². The normalized spacial score (nSPS) is 14.2. The Morgan fingerprint density at radius 1 is 1.36 bits per heavy atom. The van der Waals surface area contributed by atoms with Gasteiger partial charge in [0.05, 0.1) is 6.42 Å². The van der Waals surface area contributed by atoms with E-state index in [1.165, 1.54) is 4.68 Å². The van der Waals surface area contributed by atoms with Crippen LogP contribution in [0.4, 0.5) is 18.0 Å². The van der Waals surface area contributed by atoms with Gasteiger partial charge in [0.15, 0.2) is 0 Å². The number of amides is 2. The number of carbonyl (C=O) groups is 1. The van der Waals surface area contributed by atoms with Crippen LogP contribution < -0.4 is 11.0 Å². The van der Waals surface area contributed by atoms with E-state index < -0.39 is 18.6 Å². The Hall–Kier alpha value is -2.00. The third-order valence-corrected chi connectivity index (χ3v) is 4.19. The first-order chi connectivity index (χ1) is 11.8. The number of nitrogens with zero attached hydrogens (tertiary/aromatic N) is 4. The molecule has 0 spiro atoms. The van der Waals surface area contributed by atoms with Crippen LogP contribution in [0.1, 0.15) is 38.4 Å². The molecule has 1 aromatic heterocycles. The summed E-state index contributed by atoms with van der Waals surface area (Å²) in [6, 6.07) is -0.525. The molecule has 0 bridgehead atoms. The molecule has 25 heavy (non-hydrogen) atoms. The van der Waals surface area contributed by atoms with Crippen LogP contribution in [0.3, 0.4) is 0 Å². The van der Waals surface area contributed by atoms with Crippen molar-refractivity contribution in [3.05, 3.63) is 16.3 Å². The molecule has 0 saturated heterocycles. The van der Waals surface area contributed by atoms with Crippen LogP contribution in [0.25, 0.3) is 0 Å². The summed E-state index contributed by atoms with van der Waals surface area (Å²) in [7, 11) is 0. The van der Waals surface area contributed by atoms with E-state index >= 15 is 0 Å². The van der Waals surface area contributed by atoms with E-state index in [2.05, 4.69) is 10.4 Å². The van der Waals surface area contributed by atoms with Gasteiger partial charge in [-0.2, -0.15) is 18.3 Å². The number of nitrogens with one attached hydrogen (secondary N) is 1. The molecule has 1 N–H and O–H groups in total. The minimum atomic E-state index is -4.28. The SMILES string of the molecule is CCN(CCC(F)(F)F)C(=O)NCCCn1nc2n(c1=O)CCCC2. The largest absolute Gasteiger partial charge is 0.390 e. The topological polar surface area (TPSA) is 72.2 Å². The zero-order chi connectivity index (χ0) is 18.4. The third kappa shape index (κ3) is 5.50. The van der Waals surface area contributed by atoms with Crippen LogP contribution in [0.2, 0.25) is 0 Å². The van der Waals surface area contributed by atoms with E-state index in [0.29, 0.717) is 19.5 Å². The predicted octanol–water partition coefficient (Wildman–Crippen LogP) is 1.76. The molecule has 0 atom stereocenters. The number of carbonyl (C=O) groups excluding carboxylic acids is 1. The molecule has 0 aromatic carbocycles. The molecular weight excluding hydrogens is 339 g/mol. The van der Waals surface area contributed by atoms with Gasteiger partial charge in [-0.3, -0.25) is 4.57 Å². The molecule has 142 valence electrons. The molecule has 0 fully saturated rings. The maximum atomic E-state index is 12.2. The average Bonchev–Trinajstić information content (AvgIpc) is 2.88. The van der Waals surface area contributed by atoms with Gasteiger partial charge in [0, 0.05) is 39.1 Å². The summed E-state index contributed by atoms with van der Waals surface area (Å²) >= 11 is 0. The number of hydrogen-bond acceptors (Lipinski definition) is 3. The number of alkyl halides is 3. The van der Waals surface area contributed by atoms with E-state index in [1.807, 2.05) is 0 Å². The standard InChI is InChI=1S/C15H24F3N5O2/c1-2-21(11-7-15(16,17)18)13(24)19-8-5-10-23-14(25)22-9-4-3-6-12(22)20-23/h2-11H2,1H3,(H,19,24). The molecule has 2 amide bonds. The van der Waals surface area contributed by atoms with Crippen molar-refractivity contribution >= 4 is 6.03 Å². The van der Waals surface area contributed by atoms with Crippen molar-refractivity contribution in [1.82, 2.24) is 24.6 Å². The minimum absolute atomic E-state index is 0.138. The zero-order valence-electron chi connectivity index (χ0n) is 14.3. The Bertz CT molecular complexity index is 638. The van der Waals surface area contributed by atoms with Gasteiger partial charge >= 0.3 is 17.9 Å². The molecule has 1 aliphatic heterocycles. The Morgan fingerprint density at radius 3 is 2.76 bits per heavy atom. The Kier molecular flexibility index (Phi) is 6.49. The molecular formula is C15H24F3N5O2. The van der Waals surface area contributed by atoms with Gasteiger partial charge in [0.2, 0.25) is 0 Å². The number of urea groups is 1. The van der Waals surface area contributed by atoms with Crippen molar-refractivity contribution in [3.8, 4) is 0 Å². The van der Waals surface area contributed by atoms with Gasteiger partial charge in [-0.1, -0.05) is 0 Å². The summed E-state index contributed by atoms with van der Waals surface area (Å²) in [5.74, 6) is 0.796. The second kappa shape index (κ2) is 8.39. The second-order valence-electron chi connectivity index (χ2n) is 6.06. The molecule has 1 aromatic rings. The average molecular weight is 363 g/mol. The first-order valence-corrected chi connectivity index (χ1v) is 8.58. The predicted molar refractivity (Wildman–Crippen MR) is 85.4 cm³/mol. The number of aromatic nitrogens is 3. The molecule has 0 aliphatic carbocycles. The Morgan fingerprint density at radius 2 is 2.12 bits per heavy atom. The van der Waals surface area contributed by atoms with Gasteiger partial charge < -0.3 is 10.2 Å². The summed E-state index contributed by atoms with van der Waals surface area (Å²) in [4.78, 5) is 25.1. The first kappa shape index (κ1) is 19.3. The molecule has 10 heteroatoms. The summed E-state index contributed by atoms with van der Waals surface area (Å²) in [5, 5.41) is 6.88. The zero-order valence-corrected chi connectivity index (χ0v) is 14.3. The molecule has 1 aliphatic rings. The summed E-state index contributed by atoms with van der Waals surface area (Å²) in [6.07, 6.45) is -2.03. The van der Waals surface area contributed by atoms with Gasteiger partial charge in [0.25, 0.3) is 0 Å². The van der Waals surface area contributed by atoms with E-state index in [4.69, 9.17) is 0 Å². The summed E-state index contributed by atoms with van der Waals surface area (Å²) in [6.45, 7) is 2.80. The monoisotopic (exact) mass is 363 g/mol. The highest BCUT2D eigenvalue weighted by Gasteiger charge is 2.28.